The molecule has 0 fully saturated rings. The number of hydrogen-bond donors (Lipinski definition) is 3. The summed E-state index contributed by atoms with van der Waals surface area (Å²) >= 11 is 0. The fourth-order valence-electron chi connectivity index (χ4n) is 2.21. The molecular weight excluding hydrogens is 278 g/mol. The Bertz CT molecular complexity index is 585. The first-order valence-corrected chi connectivity index (χ1v) is 7.41. The highest BCUT2D eigenvalue weighted by Gasteiger charge is 2.11. The van der Waals surface area contributed by atoms with Gasteiger partial charge in [-0.2, -0.15) is 0 Å². The zero-order valence-electron chi connectivity index (χ0n) is 12.6. The number of nitrogens with one attached hydrogen (secondary N) is 2. The Balaban J connectivity index is 1.78. The van der Waals surface area contributed by atoms with Crippen LogP contribution in [-0.2, 0) is 6.42 Å². The first-order chi connectivity index (χ1) is 10.7. The van der Waals surface area contributed by atoms with Crippen molar-refractivity contribution in [2.45, 2.75) is 25.8 Å². The molecule has 2 rings (SSSR count). The highest BCUT2D eigenvalue weighted by atomic mass is 16.3. The van der Waals surface area contributed by atoms with Crippen LogP contribution in [0.3, 0.4) is 0 Å². The van der Waals surface area contributed by atoms with Gasteiger partial charge in [0.05, 0.1) is 6.04 Å². The van der Waals surface area contributed by atoms with Gasteiger partial charge in [-0.15, -0.1) is 0 Å². The van der Waals surface area contributed by atoms with Crippen LogP contribution < -0.4 is 10.6 Å². The summed E-state index contributed by atoms with van der Waals surface area (Å²) in [7, 11) is 0. The lowest BCUT2D eigenvalue weighted by atomic mass is 10.1. The number of hydrogen-bond acceptors (Lipinski definition) is 3. The van der Waals surface area contributed by atoms with Crippen LogP contribution in [0.5, 0.6) is 5.75 Å². The molecule has 0 saturated heterocycles. The van der Waals surface area contributed by atoms with Crippen LogP contribution in [0, 0.1) is 0 Å². The van der Waals surface area contributed by atoms with Gasteiger partial charge in [-0.05, 0) is 48.2 Å². The zero-order chi connectivity index (χ0) is 15.8. The number of nitrogens with zero attached hydrogens (tertiary/aromatic N) is 1. The van der Waals surface area contributed by atoms with Crippen molar-refractivity contribution in [3.05, 3.63) is 59.9 Å². The highest BCUT2D eigenvalue weighted by Crippen LogP contribution is 2.14. The summed E-state index contributed by atoms with van der Waals surface area (Å²) in [6.45, 7) is 2.57. The number of benzene rings is 1. The molecule has 0 saturated carbocycles. The molecule has 1 aromatic heterocycles. The minimum absolute atomic E-state index is 0.0170. The Labute approximate surface area is 130 Å². The average molecular weight is 299 g/mol. The van der Waals surface area contributed by atoms with Crippen LogP contribution in [0.1, 0.15) is 30.5 Å². The molecule has 22 heavy (non-hydrogen) atoms. The monoisotopic (exact) mass is 299 g/mol. The molecule has 1 atom stereocenters. The van der Waals surface area contributed by atoms with Gasteiger partial charge in [-0.3, -0.25) is 4.98 Å². The molecule has 0 aliphatic heterocycles. The molecule has 0 unspecified atom stereocenters. The van der Waals surface area contributed by atoms with Crippen LogP contribution in [0.25, 0.3) is 0 Å². The average Bonchev–Trinajstić information content (AvgIpc) is 2.55. The molecule has 3 N–H and O–H groups in total. The zero-order valence-corrected chi connectivity index (χ0v) is 12.6. The van der Waals surface area contributed by atoms with E-state index in [0.717, 1.165) is 24.0 Å². The number of rotatable bonds is 6. The van der Waals surface area contributed by atoms with Crippen LogP contribution >= 0.6 is 0 Å². The first-order valence-electron chi connectivity index (χ1n) is 7.41. The molecule has 0 bridgehead atoms. The summed E-state index contributed by atoms with van der Waals surface area (Å²) < 4.78 is 0. The number of aromatic hydroxyl groups is 1. The largest absolute Gasteiger partial charge is 0.508 e. The Morgan fingerprint density at radius 3 is 2.50 bits per heavy atom. The summed E-state index contributed by atoms with van der Waals surface area (Å²) in [5, 5.41) is 15.0. The van der Waals surface area contributed by atoms with Crippen molar-refractivity contribution < 1.29 is 9.90 Å². The van der Waals surface area contributed by atoms with Crippen molar-refractivity contribution in [1.82, 2.24) is 15.6 Å². The normalized spacial score (nSPS) is 11.7. The van der Waals surface area contributed by atoms with Crippen molar-refractivity contribution in [1.29, 1.82) is 0 Å². The summed E-state index contributed by atoms with van der Waals surface area (Å²) in [4.78, 5) is 15.9. The molecular formula is C17H21N3O2. The molecule has 5 nitrogen and oxygen atoms in total. The molecule has 0 aliphatic rings. The van der Waals surface area contributed by atoms with E-state index >= 15 is 0 Å². The third-order valence-electron chi connectivity index (χ3n) is 3.46. The van der Waals surface area contributed by atoms with E-state index in [9.17, 15) is 9.90 Å². The minimum Gasteiger partial charge on any atom is -0.508 e. The molecule has 0 aliphatic carbocycles. The third-order valence-corrected chi connectivity index (χ3v) is 3.46. The van der Waals surface area contributed by atoms with Crippen molar-refractivity contribution in [2.24, 2.45) is 0 Å². The smallest absolute Gasteiger partial charge is 0.315 e. The number of aromatic nitrogens is 1. The van der Waals surface area contributed by atoms with E-state index in [-0.39, 0.29) is 17.8 Å². The van der Waals surface area contributed by atoms with Gasteiger partial charge in [0.25, 0.3) is 0 Å². The number of carbonyl (C=O) groups is 1. The number of carbonyl (C=O) groups excluding carboxylic acids is 1. The van der Waals surface area contributed by atoms with Crippen molar-refractivity contribution in [3.63, 3.8) is 0 Å². The highest BCUT2D eigenvalue weighted by molar-refractivity contribution is 5.74. The van der Waals surface area contributed by atoms with Gasteiger partial charge in [-0.25, -0.2) is 4.79 Å². The van der Waals surface area contributed by atoms with Gasteiger partial charge in [0.15, 0.2) is 0 Å². The first kappa shape index (κ1) is 15.8. The molecule has 2 aromatic rings. The molecule has 2 amide bonds. The maximum absolute atomic E-state index is 12.0. The van der Waals surface area contributed by atoms with Gasteiger partial charge < -0.3 is 15.7 Å². The lowest BCUT2D eigenvalue weighted by molar-refractivity contribution is 0.237. The van der Waals surface area contributed by atoms with Gasteiger partial charge >= 0.3 is 6.03 Å². The Hall–Kier alpha value is -2.56. The van der Waals surface area contributed by atoms with Crippen molar-refractivity contribution in [3.8, 4) is 5.75 Å². The standard InChI is InChI=1S/C17H21N3O2/c1-2-16(14-8-10-18-11-9-14)20-17(22)19-12-7-13-3-5-15(21)6-4-13/h3-6,8-11,16,21H,2,7,12H2,1H3,(H2,19,20,22)/t16-/m1/s1. The molecule has 1 heterocycles. The molecule has 0 spiro atoms. The summed E-state index contributed by atoms with van der Waals surface area (Å²) in [5.41, 5.74) is 2.12. The van der Waals surface area contributed by atoms with E-state index in [1.807, 2.05) is 31.2 Å². The molecule has 5 heteroatoms. The van der Waals surface area contributed by atoms with Gasteiger partial charge in [0.1, 0.15) is 5.75 Å². The Morgan fingerprint density at radius 2 is 1.86 bits per heavy atom. The van der Waals surface area contributed by atoms with Crippen LogP contribution in [0.2, 0.25) is 0 Å². The second-order valence-corrected chi connectivity index (χ2v) is 5.06. The predicted octanol–water partition coefficient (Wildman–Crippen LogP) is 2.78. The fraction of sp³-hybridized carbons (Fsp3) is 0.294. The molecule has 116 valence electrons. The van der Waals surface area contributed by atoms with Crippen LogP contribution in [0.15, 0.2) is 48.8 Å². The lowest BCUT2D eigenvalue weighted by Crippen LogP contribution is -2.38. The van der Waals surface area contributed by atoms with E-state index in [4.69, 9.17) is 0 Å². The molecule has 0 radical (unpaired) electrons. The second kappa shape index (κ2) is 8.02. The van der Waals surface area contributed by atoms with E-state index in [1.54, 1.807) is 24.5 Å². The summed E-state index contributed by atoms with van der Waals surface area (Å²) in [5.74, 6) is 0.248. The van der Waals surface area contributed by atoms with Crippen molar-refractivity contribution >= 4 is 6.03 Å². The van der Waals surface area contributed by atoms with Crippen LogP contribution in [0.4, 0.5) is 4.79 Å². The lowest BCUT2D eigenvalue weighted by Gasteiger charge is -2.17. The van der Waals surface area contributed by atoms with Gasteiger partial charge in [0.2, 0.25) is 0 Å². The topological polar surface area (TPSA) is 74.2 Å². The quantitative estimate of drug-likeness (QED) is 0.768. The maximum atomic E-state index is 12.0. The van der Waals surface area contributed by atoms with E-state index < -0.39 is 0 Å². The number of phenols is 1. The minimum atomic E-state index is -0.178. The van der Waals surface area contributed by atoms with E-state index in [1.165, 1.54) is 0 Å². The Kier molecular flexibility index (Phi) is 5.77. The predicted molar refractivity (Wildman–Crippen MR) is 85.6 cm³/mol. The number of phenolic OH excluding ortho intramolecular Hbond substituents is 1. The van der Waals surface area contributed by atoms with Gasteiger partial charge in [-0.1, -0.05) is 19.1 Å². The molecule has 1 aromatic carbocycles. The summed E-state index contributed by atoms with van der Waals surface area (Å²) in [6.07, 6.45) is 4.99. The summed E-state index contributed by atoms with van der Waals surface area (Å²) in [6, 6.07) is 10.6. The van der Waals surface area contributed by atoms with E-state index in [2.05, 4.69) is 15.6 Å². The van der Waals surface area contributed by atoms with E-state index in [0.29, 0.717) is 6.54 Å². The number of urea groups is 1. The second-order valence-electron chi connectivity index (χ2n) is 5.06. The van der Waals surface area contributed by atoms with Crippen LogP contribution in [-0.4, -0.2) is 22.7 Å². The number of amides is 2. The maximum Gasteiger partial charge on any atom is 0.315 e. The van der Waals surface area contributed by atoms with Gasteiger partial charge in [0, 0.05) is 18.9 Å². The fourth-order valence-corrected chi connectivity index (χ4v) is 2.21. The Morgan fingerprint density at radius 1 is 1.18 bits per heavy atom. The third kappa shape index (κ3) is 4.77. The van der Waals surface area contributed by atoms with Crippen molar-refractivity contribution in [2.75, 3.05) is 6.54 Å². The SMILES string of the molecule is CC[C@@H](NC(=O)NCCc1ccc(O)cc1)c1ccncc1. The number of pyridine rings is 1.